The molecule has 0 amide bonds. The Morgan fingerprint density at radius 3 is 2.83 bits per heavy atom. The average Bonchev–Trinajstić information content (AvgIpc) is 2.84. The van der Waals surface area contributed by atoms with Crippen LogP contribution in [0.1, 0.15) is 0 Å². The first-order valence-electron chi connectivity index (χ1n) is 5.26. The van der Waals surface area contributed by atoms with Crippen LogP contribution in [0.25, 0.3) is 27.6 Å². The summed E-state index contributed by atoms with van der Waals surface area (Å²) in [6.07, 6.45) is 0. The van der Waals surface area contributed by atoms with Crippen molar-refractivity contribution in [3.8, 4) is 0 Å². The minimum absolute atomic E-state index is 0.393. The van der Waals surface area contributed by atoms with E-state index in [0.29, 0.717) is 5.78 Å². The van der Waals surface area contributed by atoms with Crippen LogP contribution in [0.15, 0.2) is 34.8 Å². The molecule has 0 unspecified atom stereocenters. The first-order valence-corrected chi connectivity index (χ1v) is 6.05. The number of rotatable bonds is 0. The smallest absolute Gasteiger partial charge is 0.207 e. The summed E-state index contributed by atoms with van der Waals surface area (Å²) in [5.41, 5.74) is 1.55. The number of hydrogen-bond acceptors (Lipinski definition) is 5. The summed E-state index contributed by atoms with van der Waals surface area (Å²) in [6.45, 7) is 0. The fraction of sp³-hybridized carbons (Fsp3) is 0. The van der Waals surface area contributed by atoms with E-state index < -0.39 is 0 Å². The lowest BCUT2D eigenvalue weighted by molar-refractivity contribution is 0.741. The highest BCUT2D eigenvalue weighted by molar-refractivity contribution is 9.10. The number of aromatic nitrogens is 6. The van der Waals surface area contributed by atoms with Crippen LogP contribution < -0.4 is 0 Å². The van der Waals surface area contributed by atoms with Crippen LogP contribution in [-0.2, 0) is 0 Å². The van der Waals surface area contributed by atoms with Gasteiger partial charge in [0.2, 0.25) is 0 Å². The maximum Gasteiger partial charge on any atom is 0.291 e. The quantitative estimate of drug-likeness (QED) is 0.465. The van der Waals surface area contributed by atoms with Crippen molar-refractivity contribution >= 4 is 43.5 Å². The van der Waals surface area contributed by atoms with Crippen molar-refractivity contribution in [2.24, 2.45) is 0 Å². The zero-order valence-electron chi connectivity index (χ0n) is 8.95. The van der Waals surface area contributed by atoms with Crippen molar-refractivity contribution in [2.75, 3.05) is 0 Å². The van der Waals surface area contributed by atoms with Crippen LogP contribution in [0.5, 0.6) is 0 Å². The first-order chi connectivity index (χ1) is 8.83. The van der Waals surface area contributed by atoms with E-state index in [1.165, 1.54) is 4.63 Å². The van der Waals surface area contributed by atoms with Gasteiger partial charge in [0.05, 0.1) is 5.52 Å². The Bertz CT molecular complexity index is 900. The monoisotopic (exact) mass is 300 g/mol. The molecule has 86 valence electrons. The maximum absolute atomic E-state index is 4.40. The number of hydrogen-bond donors (Lipinski definition) is 0. The van der Waals surface area contributed by atoms with Gasteiger partial charge in [-0.05, 0) is 21.9 Å². The maximum atomic E-state index is 4.40. The van der Waals surface area contributed by atoms with Gasteiger partial charge in [0.1, 0.15) is 5.52 Å². The van der Waals surface area contributed by atoms with Crippen molar-refractivity contribution in [1.29, 1.82) is 0 Å². The summed E-state index contributed by atoms with van der Waals surface area (Å²) in [6, 6.07) is 9.93. The Kier molecular flexibility index (Phi) is 1.87. The molecule has 2 aromatic carbocycles. The lowest BCUT2D eigenvalue weighted by atomic mass is 10.1. The largest absolute Gasteiger partial charge is 0.291 e. The second kappa shape index (κ2) is 3.42. The molecule has 7 heteroatoms. The van der Waals surface area contributed by atoms with Crippen molar-refractivity contribution in [3.63, 3.8) is 0 Å². The molecular formula is C11H5BrN6. The van der Waals surface area contributed by atoms with Crippen molar-refractivity contribution in [2.45, 2.75) is 0 Å². The number of fused-ring (bicyclic) bond motifs is 4. The number of benzene rings is 2. The van der Waals surface area contributed by atoms with Crippen LogP contribution in [0.3, 0.4) is 0 Å². The molecule has 0 saturated carbocycles. The topological polar surface area (TPSA) is 68.9 Å². The van der Waals surface area contributed by atoms with E-state index in [2.05, 4.69) is 41.5 Å². The van der Waals surface area contributed by atoms with E-state index in [1.54, 1.807) is 0 Å². The highest BCUT2D eigenvalue weighted by Crippen LogP contribution is 2.29. The van der Waals surface area contributed by atoms with E-state index in [-0.39, 0.29) is 0 Å². The average molecular weight is 301 g/mol. The van der Waals surface area contributed by atoms with Crippen LogP contribution in [0, 0.1) is 0 Å². The molecule has 4 rings (SSSR count). The lowest BCUT2D eigenvalue weighted by Gasteiger charge is -2.04. The molecule has 0 atom stereocenters. The normalized spacial score (nSPS) is 11.6. The summed E-state index contributed by atoms with van der Waals surface area (Å²) in [7, 11) is 0. The molecule has 0 radical (unpaired) electrons. The van der Waals surface area contributed by atoms with Gasteiger partial charge in [0.25, 0.3) is 5.78 Å². The van der Waals surface area contributed by atoms with Gasteiger partial charge in [-0.15, -0.1) is 5.10 Å². The molecule has 18 heavy (non-hydrogen) atoms. The van der Waals surface area contributed by atoms with Gasteiger partial charge in [-0.3, -0.25) is 0 Å². The summed E-state index contributed by atoms with van der Waals surface area (Å²) in [5.74, 6) is 0.393. The number of halogens is 1. The Hall–Kier alpha value is -2.15. The molecule has 0 bridgehead atoms. The third kappa shape index (κ3) is 1.25. The highest BCUT2D eigenvalue weighted by Gasteiger charge is 2.09. The third-order valence-corrected chi connectivity index (χ3v) is 3.45. The van der Waals surface area contributed by atoms with Crippen molar-refractivity contribution in [1.82, 2.24) is 30.2 Å². The molecule has 0 fully saturated rings. The molecule has 0 aliphatic heterocycles. The fourth-order valence-corrected chi connectivity index (χ4v) is 2.57. The van der Waals surface area contributed by atoms with E-state index in [1.807, 2.05) is 30.3 Å². The summed E-state index contributed by atoms with van der Waals surface area (Å²) in [4.78, 5) is 4.38. The van der Waals surface area contributed by atoms with Crippen molar-refractivity contribution in [3.05, 3.63) is 34.8 Å². The minimum Gasteiger partial charge on any atom is -0.207 e. The molecule has 0 aliphatic carbocycles. The SMILES string of the molecule is Brc1cc2nc3nnnn3nc2c2ccccc12. The molecule has 2 aromatic heterocycles. The molecule has 2 heterocycles. The van der Waals surface area contributed by atoms with Gasteiger partial charge in [-0.2, -0.15) is 0 Å². The molecular weight excluding hydrogens is 296 g/mol. The van der Waals surface area contributed by atoms with Crippen molar-refractivity contribution < 1.29 is 0 Å². The zero-order valence-corrected chi connectivity index (χ0v) is 10.5. The van der Waals surface area contributed by atoms with E-state index in [4.69, 9.17) is 0 Å². The van der Waals surface area contributed by atoms with Crippen LogP contribution in [0.2, 0.25) is 0 Å². The Morgan fingerprint density at radius 2 is 1.94 bits per heavy atom. The Balaban J connectivity index is 2.32. The predicted octanol–water partition coefficient (Wildman–Crippen LogP) is 1.98. The van der Waals surface area contributed by atoms with E-state index in [0.717, 1.165) is 26.3 Å². The highest BCUT2D eigenvalue weighted by atomic mass is 79.9. The standard InChI is InChI=1S/C11H5BrN6/c12-8-5-9-10(7-4-2-1-3-6(7)8)15-18-11(13-9)14-16-17-18/h1-5H. The van der Waals surface area contributed by atoms with Gasteiger partial charge in [0, 0.05) is 9.86 Å². The molecule has 4 aromatic rings. The van der Waals surface area contributed by atoms with E-state index in [9.17, 15) is 0 Å². The van der Waals surface area contributed by atoms with Gasteiger partial charge < -0.3 is 0 Å². The van der Waals surface area contributed by atoms with Gasteiger partial charge >= 0.3 is 0 Å². The predicted molar refractivity (Wildman–Crippen MR) is 69.1 cm³/mol. The summed E-state index contributed by atoms with van der Waals surface area (Å²) >= 11 is 3.55. The lowest BCUT2D eigenvalue weighted by Crippen LogP contribution is -1.98. The number of tetrazole rings is 1. The Labute approximate surface area is 109 Å². The molecule has 6 nitrogen and oxygen atoms in total. The van der Waals surface area contributed by atoms with Crippen LogP contribution in [0.4, 0.5) is 0 Å². The molecule has 0 spiro atoms. The minimum atomic E-state index is 0.393. The van der Waals surface area contributed by atoms with Crippen LogP contribution in [-0.4, -0.2) is 30.2 Å². The first kappa shape index (κ1) is 9.84. The Morgan fingerprint density at radius 1 is 1.11 bits per heavy atom. The molecule has 0 N–H and O–H groups in total. The molecule has 0 aliphatic rings. The van der Waals surface area contributed by atoms with Gasteiger partial charge in [-0.1, -0.05) is 49.9 Å². The summed E-state index contributed by atoms with van der Waals surface area (Å²) < 4.78 is 2.32. The van der Waals surface area contributed by atoms with Gasteiger partial charge in [0.15, 0.2) is 0 Å². The zero-order chi connectivity index (χ0) is 12.1. The number of nitrogens with zero attached hydrogens (tertiary/aromatic N) is 6. The molecule has 0 saturated heterocycles. The summed E-state index contributed by atoms with van der Waals surface area (Å²) in [5, 5.41) is 17.6. The van der Waals surface area contributed by atoms with Crippen LogP contribution >= 0.6 is 15.9 Å². The van der Waals surface area contributed by atoms with E-state index >= 15 is 0 Å². The van der Waals surface area contributed by atoms with Gasteiger partial charge in [-0.25, -0.2) is 4.98 Å². The fourth-order valence-electron chi connectivity index (χ4n) is 2.00. The second-order valence-corrected chi connectivity index (χ2v) is 4.71. The second-order valence-electron chi connectivity index (χ2n) is 3.85. The third-order valence-electron chi connectivity index (χ3n) is 2.80.